The Labute approximate surface area is 162 Å². The van der Waals surface area contributed by atoms with Crippen LogP contribution in [0.1, 0.15) is 20.3 Å². The highest BCUT2D eigenvalue weighted by Gasteiger charge is 2.47. The average Bonchev–Trinajstić information content (AvgIpc) is 2.41. The highest BCUT2D eigenvalue weighted by atomic mass is 28.5. The molecule has 0 fully saturated rings. The van der Waals surface area contributed by atoms with Crippen molar-refractivity contribution in [1.82, 2.24) is 0 Å². The van der Waals surface area contributed by atoms with Gasteiger partial charge in [-0.05, 0) is 59.2 Å². The normalized spacial score (nSPS) is 15.5. The number of aliphatic hydroxyl groups excluding tert-OH is 1. The Morgan fingerprint density at radius 2 is 1.50 bits per heavy atom. The van der Waals surface area contributed by atoms with Crippen molar-refractivity contribution < 1.29 is 27.6 Å². The number of aliphatic hydroxyl groups is 1. The highest BCUT2D eigenvalue weighted by Crippen LogP contribution is 2.27. The zero-order valence-corrected chi connectivity index (χ0v) is 21.0. The molecule has 0 aliphatic carbocycles. The summed E-state index contributed by atoms with van der Waals surface area (Å²) < 4.78 is 24.3. The van der Waals surface area contributed by atoms with Gasteiger partial charge >= 0.3 is 14.5 Å². The van der Waals surface area contributed by atoms with Crippen molar-refractivity contribution >= 4 is 31.2 Å². The fraction of sp³-hybridized carbons (Fsp3) is 0.824. The van der Waals surface area contributed by atoms with Gasteiger partial charge < -0.3 is 22.8 Å². The second-order valence-electron chi connectivity index (χ2n) is 8.67. The first-order valence-corrected chi connectivity index (χ1v) is 18.3. The van der Waals surface area contributed by atoms with E-state index in [-0.39, 0.29) is 18.9 Å². The Balaban J connectivity index is 5.25. The number of esters is 1. The number of ether oxygens (including phenoxy) is 2. The van der Waals surface area contributed by atoms with Crippen molar-refractivity contribution in [3.8, 4) is 0 Å². The predicted octanol–water partition coefficient (Wildman–Crippen LogP) is 3.58. The van der Waals surface area contributed by atoms with Gasteiger partial charge in [-0.1, -0.05) is 13.5 Å². The van der Waals surface area contributed by atoms with Gasteiger partial charge in [-0.15, -0.1) is 0 Å². The Morgan fingerprint density at radius 1 is 1.04 bits per heavy atom. The van der Waals surface area contributed by atoms with Crippen LogP contribution >= 0.6 is 0 Å². The summed E-state index contributed by atoms with van der Waals surface area (Å²) >= 11 is 0. The molecule has 2 unspecified atom stereocenters. The second-order valence-corrected chi connectivity index (χ2v) is 21.4. The van der Waals surface area contributed by atoms with Crippen LogP contribution < -0.4 is 0 Å². The average molecular weight is 423 g/mol. The van der Waals surface area contributed by atoms with Gasteiger partial charge in [-0.2, -0.15) is 0 Å². The van der Waals surface area contributed by atoms with E-state index < -0.39 is 37.3 Å². The van der Waals surface area contributed by atoms with E-state index in [0.717, 1.165) is 6.42 Å². The molecule has 0 aromatic carbocycles. The molecule has 0 bridgehead atoms. The molecule has 1 N–H and O–H groups in total. The third kappa shape index (κ3) is 10.1. The molecular formula is C17H38O6Si3. The van der Waals surface area contributed by atoms with Crippen LogP contribution in [0.5, 0.6) is 0 Å². The number of hydrogen-bond donors (Lipinski definition) is 1. The minimum absolute atomic E-state index is 0.0979. The number of carbonyl (C=O) groups is 1. The lowest BCUT2D eigenvalue weighted by Crippen LogP contribution is -2.61. The van der Waals surface area contributed by atoms with E-state index in [0.29, 0.717) is 5.57 Å². The SMILES string of the molecule is C=C(C)C(=O)OC(CO)COC(CC)[Si](C)(O[Si](C)(C)C)O[Si](C)(C)C. The van der Waals surface area contributed by atoms with Gasteiger partial charge in [0.15, 0.2) is 16.6 Å². The summed E-state index contributed by atoms with van der Waals surface area (Å²) in [5.41, 5.74) is 0.0809. The summed E-state index contributed by atoms with van der Waals surface area (Å²) in [6.07, 6.45) is -0.00479. The van der Waals surface area contributed by atoms with E-state index in [9.17, 15) is 9.90 Å². The molecule has 26 heavy (non-hydrogen) atoms. The Kier molecular flexibility index (Phi) is 10.2. The van der Waals surface area contributed by atoms with Gasteiger partial charge in [0.1, 0.15) is 6.10 Å². The fourth-order valence-electron chi connectivity index (χ4n) is 2.61. The highest BCUT2D eigenvalue weighted by molar-refractivity contribution is 6.88. The van der Waals surface area contributed by atoms with Crippen LogP contribution in [-0.4, -0.2) is 61.3 Å². The molecule has 0 aliphatic rings. The van der Waals surface area contributed by atoms with Crippen molar-refractivity contribution in [3.05, 3.63) is 12.2 Å². The maximum absolute atomic E-state index is 11.7. The van der Waals surface area contributed by atoms with Crippen molar-refractivity contribution in [2.24, 2.45) is 0 Å². The Bertz CT molecular complexity index is 454. The molecule has 0 radical (unpaired) electrons. The van der Waals surface area contributed by atoms with Gasteiger partial charge in [0.25, 0.3) is 0 Å². The van der Waals surface area contributed by atoms with Crippen molar-refractivity contribution in [2.75, 3.05) is 13.2 Å². The maximum Gasteiger partial charge on any atom is 0.344 e. The number of hydrogen-bond acceptors (Lipinski definition) is 6. The molecule has 0 saturated carbocycles. The zero-order chi connectivity index (χ0) is 20.8. The molecule has 0 aromatic rings. The molecule has 0 rings (SSSR count). The van der Waals surface area contributed by atoms with E-state index in [1.165, 1.54) is 0 Å². The maximum atomic E-state index is 11.7. The van der Waals surface area contributed by atoms with Crippen LogP contribution in [0.2, 0.25) is 45.8 Å². The summed E-state index contributed by atoms with van der Waals surface area (Å²) in [5.74, 6) is -0.530. The summed E-state index contributed by atoms with van der Waals surface area (Å²) in [5, 5.41) is 9.49. The summed E-state index contributed by atoms with van der Waals surface area (Å²) in [6.45, 7) is 21.9. The summed E-state index contributed by atoms with van der Waals surface area (Å²) in [4.78, 5) is 11.7. The van der Waals surface area contributed by atoms with E-state index in [2.05, 4.69) is 52.4 Å². The lowest BCUT2D eigenvalue weighted by atomic mass is 10.3. The van der Waals surface area contributed by atoms with E-state index in [1.807, 2.05) is 6.92 Å². The lowest BCUT2D eigenvalue weighted by Gasteiger charge is -2.42. The van der Waals surface area contributed by atoms with E-state index in [4.69, 9.17) is 17.7 Å². The monoisotopic (exact) mass is 422 g/mol. The second kappa shape index (κ2) is 10.3. The van der Waals surface area contributed by atoms with Crippen LogP contribution in [0.25, 0.3) is 0 Å². The zero-order valence-electron chi connectivity index (χ0n) is 18.0. The van der Waals surface area contributed by atoms with Gasteiger partial charge in [0.2, 0.25) is 0 Å². The van der Waals surface area contributed by atoms with Crippen LogP contribution in [-0.2, 0) is 22.5 Å². The number of rotatable bonds is 12. The van der Waals surface area contributed by atoms with Crippen molar-refractivity contribution in [2.45, 2.75) is 77.9 Å². The molecule has 0 aliphatic heterocycles. The largest absolute Gasteiger partial charge is 0.454 e. The van der Waals surface area contributed by atoms with Gasteiger partial charge in [-0.3, -0.25) is 0 Å². The van der Waals surface area contributed by atoms with Crippen LogP contribution in [0.3, 0.4) is 0 Å². The first-order chi connectivity index (χ1) is 11.6. The summed E-state index contributed by atoms with van der Waals surface area (Å²) in [7, 11) is -6.32. The lowest BCUT2D eigenvalue weighted by molar-refractivity contribution is -0.150. The third-order valence-corrected chi connectivity index (χ3v) is 13.2. The predicted molar refractivity (Wildman–Crippen MR) is 112 cm³/mol. The smallest absolute Gasteiger partial charge is 0.344 e. The Morgan fingerprint density at radius 3 is 1.81 bits per heavy atom. The molecule has 2 atom stereocenters. The topological polar surface area (TPSA) is 74.2 Å². The molecule has 0 aromatic heterocycles. The van der Waals surface area contributed by atoms with Crippen LogP contribution in [0.4, 0.5) is 0 Å². The van der Waals surface area contributed by atoms with E-state index >= 15 is 0 Å². The van der Waals surface area contributed by atoms with Gasteiger partial charge in [0.05, 0.1) is 18.9 Å². The minimum atomic E-state index is -2.63. The molecule has 6 nitrogen and oxygen atoms in total. The van der Waals surface area contributed by atoms with Gasteiger partial charge in [0, 0.05) is 5.57 Å². The third-order valence-electron chi connectivity index (χ3n) is 3.28. The Hall–Kier alpha value is -0.299. The van der Waals surface area contributed by atoms with Crippen molar-refractivity contribution in [1.29, 1.82) is 0 Å². The quantitative estimate of drug-likeness (QED) is 0.294. The molecule has 0 heterocycles. The first kappa shape index (κ1) is 25.7. The molecule has 0 saturated heterocycles. The van der Waals surface area contributed by atoms with Crippen LogP contribution in [0.15, 0.2) is 12.2 Å². The molecule has 154 valence electrons. The molecular weight excluding hydrogens is 384 g/mol. The number of carbonyl (C=O) groups excluding carboxylic acids is 1. The fourth-order valence-corrected chi connectivity index (χ4v) is 15.1. The molecule has 0 spiro atoms. The van der Waals surface area contributed by atoms with Crippen molar-refractivity contribution in [3.63, 3.8) is 0 Å². The first-order valence-electron chi connectivity index (χ1n) is 9.13. The van der Waals surface area contributed by atoms with Gasteiger partial charge in [-0.25, -0.2) is 4.79 Å². The van der Waals surface area contributed by atoms with Crippen LogP contribution in [0, 0.1) is 0 Å². The molecule has 0 amide bonds. The minimum Gasteiger partial charge on any atom is -0.454 e. The van der Waals surface area contributed by atoms with E-state index in [1.54, 1.807) is 6.92 Å². The summed E-state index contributed by atoms with van der Waals surface area (Å²) in [6, 6.07) is 0. The molecule has 9 heteroatoms. The standard InChI is InChI=1S/C17H38O6Si3/c1-11-16(20-13-15(12-18)21-17(19)14(2)3)26(10,22-24(4,5)6)23-25(7,8)9/h15-16,18H,2,11-13H2,1,3-10H3.